The molecule has 0 N–H and O–H groups in total. The van der Waals surface area contributed by atoms with E-state index in [-0.39, 0.29) is 0 Å². The van der Waals surface area contributed by atoms with E-state index in [2.05, 4.69) is 0 Å². The summed E-state index contributed by atoms with van der Waals surface area (Å²) in [4.78, 5) is 0. The highest BCUT2D eigenvalue weighted by atomic mass is 14.0. The van der Waals surface area contributed by atoms with Gasteiger partial charge in [-0.15, -0.1) is 0 Å². The summed E-state index contributed by atoms with van der Waals surface area (Å²) in [5.41, 5.74) is 0. The van der Waals surface area contributed by atoms with Crippen molar-refractivity contribution < 1.29 is 0 Å². The van der Waals surface area contributed by atoms with Crippen LogP contribution in [-0.4, -0.2) is 0 Å². The molecule has 5 radical (unpaired) electrons. The SMILES string of the molecule is [CH][CH]CCCCCCCCCCC[CH]. The van der Waals surface area contributed by atoms with Crippen LogP contribution < -0.4 is 0 Å². The van der Waals surface area contributed by atoms with Gasteiger partial charge in [0.1, 0.15) is 0 Å². The molecule has 81 valence electrons. The zero-order chi connectivity index (χ0) is 10.5. The van der Waals surface area contributed by atoms with Crippen molar-refractivity contribution in [1.29, 1.82) is 0 Å². The fourth-order valence-corrected chi connectivity index (χ4v) is 1.64. The molecule has 0 aliphatic carbocycles. The highest BCUT2D eigenvalue weighted by Crippen LogP contribution is 2.11. The van der Waals surface area contributed by atoms with E-state index >= 15 is 0 Å². The molecule has 0 nitrogen and oxygen atoms in total. The number of unbranched alkanes of at least 4 members (excludes halogenated alkanes) is 11. The van der Waals surface area contributed by atoms with Gasteiger partial charge in [-0.05, 0) is 33.1 Å². The fraction of sp³-hybridized carbons (Fsp3) is 0.786. The van der Waals surface area contributed by atoms with Crippen LogP contribution in [0.2, 0.25) is 0 Å². The van der Waals surface area contributed by atoms with Gasteiger partial charge in [0.15, 0.2) is 0 Å². The molecular formula is C14H25. The van der Waals surface area contributed by atoms with Crippen LogP contribution >= 0.6 is 0 Å². The van der Waals surface area contributed by atoms with Gasteiger partial charge in [-0.25, -0.2) is 0 Å². The van der Waals surface area contributed by atoms with Gasteiger partial charge >= 0.3 is 0 Å². The molecule has 0 fully saturated rings. The molecule has 0 heterocycles. The number of hydrogen-bond acceptors (Lipinski definition) is 0. The van der Waals surface area contributed by atoms with E-state index in [9.17, 15) is 0 Å². The fourth-order valence-electron chi connectivity index (χ4n) is 1.64. The minimum Gasteiger partial charge on any atom is -0.0533 e. The lowest BCUT2D eigenvalue weighted by Gasteiger charge is -2.01. The van der Waals surface area contributed by atoms with Gasteiger partial charge in [-0.1, -0.05) is 57.8 Å². The Bertz CT molecular complexity index is 74.0. The van der Waals surface area contributed by atoms with Crippen LogP contribution in [0.4, 0.5) is 0 Å². The minimum atomic E-state index is 0.857. The van der Waals surface area contributed by atoms with Crippen molar-refractivity contribution in [1.82, 2.24) is 0 Å². The van der Waals surface area contributed by atoms with Crippen LogP contribution in [0.15, 0.2) is 0 Å². The van der Waals surface area contributed by atoms with Crippen molar-refractivity contribution >= 4 is 0 Å². The van der Waals surface area contributed by atoms with Crippen LogP contribution in [0.3, 0.4) is 0 Å². The molecule has 0 unspecified atom stereocenters. The molecule has 0 aliphatic heterocycles. The smallest absolute Gasteiger partial charge is 0.0315 e. The number of hydrogen-bond donors (Lipinski definition) is 0. The first kappa shape index (κ1) is 14.0. The second kappa shape index (κ2) is 13.0. The predicted molar refractivity (Wildman–Crippen MR) is 63.7 cm³/mol. The maximum Gasteiger partial charge on any atom is -0.0315 e. The van der Waals surface area contributed by atoms with Crippen molar-refractivity contribution in [3.05, 3.63) is 20.3 Å². The molecule has 0 amide bonds. The molecule has 0 saturated heterocycles. The number of rotatable bonds is 11. The lowest BCUT2D eigenvalue weighted by Crippen LogP contribution is -1.81. The van der Waals surface area contributed by atoms with E-state index in [0.717, 1.165) is 12.8 Å². The molecule has 0 rings (SSSR count). The van der Waals surface area contributed by atoms with Crippen LogP contribution in [0.5, 0.6) is 0 Å². The Balaban J connectivity index is 2.78. The molecule has 0 aromatic heterocycles. The average Bonchev–Trinajstić information content (AvgIpc) is 2.21. The van der Waals surface area contributed by atoms with E-state index in [1.807, 2.05) is 0 Å². The third-order valence-electron chi connectivity index (χ3n) is 2.57. The lowest BCUT2D eigenvalue weighted by atomic mass is 10.1. The minimum absolute atomic E-state index is 0.857. The van der Waals surface area contributed by atoms with Gasteiger partial charge in [0.05, 0.1) is 0 Å². The van der Waals surface area contributed by atoms with Gasteiger partial charge in [0.2, 0.25) is 0 Å². The van der Waals surface area contributed by atoms with Gasteiger partial charge < -0.3 is 0 Å². The Morgan fingerprint density at radius 3 is 1.50 bits per heavy atom. The van der Waals surface area contributed by atoms with Crippen molar-refractivity contribution in [2.45, 2.75) is 70.6 Å². The summed E-state index contributed by atoms with van der Waals surface area (Å²) in [7, 11) is 0. The Hall–Kier alpha value is 0. The van der Waals surface area contributed by atoms with Crippen molar-refractivity contribution in [3.8, 4) is 0 Å². The van der Waals surface area contributed by atoms with Crippen LogP contribution in [-0.2, 0) is 0 Å². The normalized spacial score (nSPS) is 10.7. The third-order valence-corrected chi connectivity index (χ3v) is 2.57. The second-order valence-corrected chi connectivity index (χ2v) is 4.00. The molecule has 14 heavy (non-hydrogen) atoms. The Kier molecular flexibility index (Phi) is 13.0. The molecule has 0 bridgehead atoms. The largest absolute Gasteiger partial charge is 0.0533 e. The maximum absolute atomic E-state index is 5.42. The van der Waals surface area contributed by atoms with E-state index in [4.69, 9.17) is 13.8 Å². The Morgan fingerprint density at radius 2 is 1.07 bits per heavy atom. The van der Waals surface area contributed by atoms with E-state index in [1.54, 1.807) is 6.42 Å². The van der Waals surface area contributed by atoms with Gasteiger partial charge in [-0.3, -0.25) is 0 Å². The molecule has 0 aliphatic rings. The summed E-state index contributed by atoms with van der Waals surface area (Å²) in [5, 5.41) is 0. The highest BCUT2D eigenvalue weighted by molar-refractivity contribution is 4.65. The summed E-state index contributed by atoms with van der Waals surface area (Å²) in [6.45, 7) is 10.7. The van der Waals surface area contributed by atoms with E-state index in [1.165, 1.54) is 57.8 Å². The molecule has 0 aromatic carbocycles. The average molecular weight is 193 g/mol. The summed E-state index contributed by atoms with van der Waals surface area (Å²) in [5.74, 6) is 0. The zero-order valence-corrected chi connectivity index (χ0v) is 9.51. The first-order valence-electron chi connectivity index (χ1n) is 6.15. The monoisotopic (exact) mass is 193 g/mol. The Morgan fingerprint density at radius 1 is 0.643 bits per heavy atom. The van der Waals surface area contributed by atoms with Crippen molar-refractivity contribution in [2.75, 3.05) is 0 Å². The Labute approximate surface area is 91.5 Å². The van der Waals surface area contributed by atoms with E-state index in [0.29, 0.717) is 0 Å². The van der Waals surface area contributed by atoms with Crippen LogP contribution in [0.1, 0.15) is 70.6 Å². The zero-order valence-electron chi connectivity index (χ0n) is 9.51. The maximum atomic E-state index is 5.42. The molecule has 0 aromatic rings. The molecule has 0 heteroatoms. The molecule has 0 spiro atoms. The van der Waals surface area contributed by atoms with Crippen LogP contribution in [0, 0.1) is 20.3 Å². The van der Waals surface area contributed by atoms with Gasteiger partial charge in [0.25, 0.3) is 0 Å². The van der Waals surface area contributed by atoms with Gasteiger partial charge in [-0.2, -0.15) is 0 Å². The molecular weight excluding hydrogens is 168 g/mol. The highest BCUT2D eigenvalue weighted by Gasteiger charge is 1.91. The van der Waals surface area contributed by atoms with E-state index < -0.39 is 0 Å². The summed E-state index contributed by atoms with van der Waals surface area (Å²) in [6.07, 6.45) is 15.8. The summed E-state index contributed by atoms with van der Waals surface area (Å²) < 4.78 is 0. The first-order chi connectivity index (χ1) is 6.91. The summed E-state index contributed by atoms with van der Waals surface area (Å²) in [6, 6.07) is 0. The van der Waals surface area contributed by atoms with Crippen molar-refractivity contribution in [2.24, 2.45) is 0 Å². The topological polar surface area (TPSA) is 0 Å². The molecule has 0 atom stereocenters. The van der Waals surface area contributed by atoms with Gasteiger partial charge in [0, 0.05) is 0 Å². The van der Waals surface area contributed by atoms with Crippen LogP contribution in [0.25, 0.3) is 0 Å². The third kappa shape index (κ3) is 12.0. The molecule has 0 saturated carbocycles. The van der Waals surface area contributed by atoms with Crippen molar-refractivity contribution in [3.63, 3.8) is 0 Å². The first-order valence-corrected chi connectivity index (χ1v) is 6.15. The standard InChI is InChI=1S/C14H25/c1-3-5-7-9-11-13-14-12-10-8-6-4-2/h1-3H,4-14H2. The lowest BCUT2D eigenvalue weighted by molar-refractivity contribution is 0.559. The second-order valence-electron chi connectivity index (χ2n) is 4.00. The quantitative estimate of drug-likeness (QED) is 0.409. The predicted octanol–water partition coefficient (Wildman–Crippen LogP) is 4.90. The summed E-state index contributed by atoms with van der Waals surface area (Å²) >= 11 is 0.